The molecule has 0 aliphatic carbocycles. The standard InChI is InChI=1S/C17H23FN4O2S2/c1-4-19-17(22(3)11-14-12-25-13(2)21-14)20-9-10-26(23,24)16-8-6-5-7-15(16)18/h5-8,12H,4,9-11H2,1-3H3,(H,19,20). The Hall–Kier alpha value is -2.00. The van der Waals surface area contributed by atoms with Gasteiger partial charge in [-0.05, 0) is 26.0 Å². The summed E-state index contributed by atoms with van der Waals surface area (Å²) in [4.78, 5) is 10.4. The van der Waals surface area contributed by atoms with Crippen LogP contribution in [0.4, 0.5) is 4.39 Å². The molecule has 1 aromatic heterocycles. The molecule has 0 saturated carbocycles. The van der Waals surface area contributed by atoms with Crippen LogP contribution in [0.3, 0.4) is 0 Å². The summed E-state index contributed by atoms with van der Waals surface area (Å²) in [5.74, 6) is -0.409. The zero-order valence-corrected chi connectivity index (χ0v) is 16.7. The first-order chi connectivity index (χ1) is 12.3. The Morgan fingerprint density at radius 2 is 2.12 bits per heavy atom. The maximum atomic E-state index is 13.7. The second kappa shape index (κ2) is 9.09. The molecule has 0 fully saturated rings. The van der Waals surface area contributed by atoms with E-state index in [1.807, 2.05) is 31.2 Å². The average Bonchev–Trinajstić information content (AvgIpc) is 2.99. The van der Waals surface area contributed by atoms with Gasteiger partial charge in [0.25, 0.3) is 0 Å². The Labute approximate surface area is 157 Å². The van der Waals surface area contributed by atoms with Crippen molar-refractivity contribution in [1.82, 2.24) is 15.2 Å². The number of aromatic nitrogens is 1. The molecule has 6 nitrogen and oxygen atoms in total. The van der Waals surface area contributed by atoms with E-state index in [-0.39, 0.29) is 17.2 Å². The highest BCUT2D eigenvalue weighted by molar-refractivity contribution is 7.91. The second-order valence-corrected chi connectivity index (χ2v) is 8.84. The number of nitrogens with one attached hydrogen (secondary N) is 1. The molecular formula is C17H23FN4O2S2. The lowest BCUT2D eigenvalue weighted by molar-refractivity contribution is 0.471. The van der Waals surface area contributed by atoms with Gasteiger partial charge in [-0.1, -0.05) is 12.1 Å². The van der Waals surface area contributed by atoms with Crippen LogP contribution < -0.4 is 5.32 Å². The number of hydrogen-bond donors (Lipinski definition) is 1. The number of guanidine groups is 1. The van der Waals surface area contributed by atoms with Gasteiger partial charge in [0, 0.05) is 19.0 Å². The molecule has 0 radical (unpaired) electrons. The third kappa shape index (κ3) is 5.50. The van der Waals surface area contributed by atoms with Gasteiger partial charge in [-0.3, -0.25) is 4.99 Å². The molecule has 2 rings (SSSR count). The van der Waals surface area contributed by atoms with Gasteiger partial charge in [-0.25, -0.2) is 17.8 Å². The summed E-state index contributed by atoms with van der Waals surface area (Å²) in [5, 5.41) is 6.11. The third-order valence-electron chi connectivity index (χ3n) is 3.56. The quantitative estimate of drug-likeness (QED) is 0.573. The van der Waals surface area contributed by atoms with Crippen molar-refractivity contribution in [3.8, 4) is 0 Å². The van der Waals surface area contributed by atoms with E-state index in [9.17, 15) is 12.8 Å². The normalized spacial score (nSPS) is 12.2. The molecule has 26 heavy (non-hydrogen) atoms. The number of benzene rings is 1. The molecule has 0 bridgehead atoms. The van der Waals surface area contributed by atoms with E-state index in [0.717, 1.165) is 16.8 Å². The van der Waals surface area contributed by atoms with Crippen molar-refractivity contribution >= 4 is 27.1 Å². The molecule has 0 saturated heterocycles. The van der Waals surface area contributed by atoms with Crippen LogP contribution in [0.1, 0.15) is 17.6 Å². The summed E-state index contributed by atoms with van der Waals surface area (Å²) >= 11 is 1.58. The molecule has 0 unspecified atom stereocenters. The number of thiazole rings is 1. The number of nitrogens with zero attached hydrogens (tertiary/aromatic N) is 3. The predicted octanol–water partition coefficient (Wildman–Crippen LogP) is 2.46. The van der Waals surface area contributed by atoms with Crippen LogP contribution in [0.15, 0.2) is 39.5 Å². The van der Waals surface area contributed by atoms with Crippen molar-refractivity contribution in [2.75, 3.05) is 25.9 Å². The maximum absolute atomic E-state index is 13.7. The van der Waals surface area contributed by atoms with Crippen molar-refractivity contribution < 1.29 is 12.8 Å². The minimum Gasteiger partial charge on any atom is -0.357 e. The van der Waals surface area contributed by atoms with E-state index >= 15 is 0 Å². The highest BCUT2D eigenvalue weighted by Crippen LogP contribution is 2.15. The molecule has 0 aliphatic heterocycles. The summed E-state index contributed by atoms with van der Waals surface area (Å²) in [7, 11) is -1.86. The van der Waals surface area contributed by atoms with Crippen LogP contribution in [0.5, 0.6) is 0 Å². The van der Waals surface area contributed by atoms with Crippen molar-refractivity contribution in [3.05, 3.63) is 46.2 Å². The largest absolute Gasteiger partial charge is 0.357 e. The summed E-state index contributed by atoms with van der Waals surface area (Å²) in [6.07, 6.45) is 0. The minimum absolute atomic E-state index is 0.0411. The topological polar surface area (TPSA) is 74.7 Å². The van der Waals surface area contributed by atoms with Gasteiger partial charge in [0.2, 0.25) is 0 Å². The Morgan fingerprint density at radius 3 is 2.73 bits per heavy atom. The Kier molecular flexibility index (Phi) is 7.10. The third-order valence-corrected chi connectivity index (χ3v) is 6.10. The monoisotopic (exact) mass is 398 g/mol. The lowest BCUT2D eigenvalue weighted by Crippen LogP contribution is -2.38. The number of hydrogen-bond acceptors (Lipinski definition) is 5. The van der Waals surface area contributed by atoms with Gasteiger partial charge in [-0.15, -0.1) is 11.3 Å². The summed E-state index contributed by atoms with van der Waals surface area (Å²) < 4.78 is 38.3. The molecule has 1 heterocycles. The van der Waals surface area contributed by atoms with Crippen molar-refractivity contribution in [3.63, 3.8) is 0 Å². The molecule has 142 valence electrons. The van der Waals surface area contributed by atoms with E-state index in [1.54, 1.807) is 11.3 Å². The second-order valence-electron chi connectivity index (χ2n) is 5.70. The Balaban J connectivity index is 2.05. The number of sulfone groups is 1. The Morgan fingerprint density at radius 1 is 1.38 bits per heavy atom. The molecule has 0 amide bonds. The molecule has 2 aromatic rings. The lowest BCUT2D eigenvalue weighted by Gasteiger charge is -2.21. The fourth-order valence-electron chi connectivity index (χ4n) is 2.35. The van der Waals surface area contributed by atoms with Gasteiger partial charge < -0.3 is 10.2 Å². The van der Waals surface area contributed by atoms with Crippen LogP contribution >= 0.6 is 11.3 Å². The summed E-state index contributed by atoms with van der Waals surface area (Å²) in [6, 6.07) is 5.39. The average molecular weight is 399 g/mol. The molecule has 1 aromatic carbocycles. The maximum Gasteiger partial charge on any atom is 0.194 e. The molecule has 1 N–H and O–H groups in total. The molecule has 0 aliphatic rings. The van der Waals surface area contributed by atoms with E-state index in [4.69, 9.17) is 0 Å². The molecular weight excluding hydrogens is 375 g/mol. The summed E-state index contributed by atoms with van der Waals surface area (Å²) in [6.45, 7) is 5.14. The summed E-state index contributed by atoms with van der Waals surface area (Å²) in [5.41, 5.74) is 0.930. The van der Waals surface area contributed by atoms with Crippen LogP contribution in [0.25, 0.3) is 0 Å². The first-order valence-electron chi connectivity index (χ1n) is 8.21. The first kappa shape index (κ1) is 20.3. The zero-order chi connectivity index (χ0) is 19.2. The van der Waals surface area contributed by atoms with Crippen LogP contribution in [-0.2, 0) is 16.4 Å². The molecule has 9 heteroatoms. The van der Waals surface area contributed by atoms with Crippen molar-refractivity contribution in [2.24, 2.45) is 4.99 Å². The van der Waals surface area contributed by atoms with Crippen LogP contribution in [0.2, 0.25) is 0 Å². The number of rotatable bonds is 7. The Bertz CT molecular complexity index is 865. The lowest BCUT2D eigenvalue weighted by atomic mass is 10.3. The number of halogens is 1. The van der Waals surface area contributed by atoms with Gasteiger partial charge in [0.05, 0.1) is 29.5 Å². The van der Waals surface area contributed by atoms with Gasteiger partial charge in [0.1, 0.15) is 10.7 Å². The van der Waals surface area contributed by atoms with Crippen LogP contribution in [-0.4, -0.2) is 50.2 Å². The van der Waals surface area contributed by atoms with Crippen molar-refractivity contribution in [1.29, 1.82) is 0 Å². The fourth-order valence-corrected chi connectivity index (χ4v) is 4.15. The minimum atomic E-state index is -3.72. The van der Waals surface area contributed by atoms with Crippen molar-refractivity contribution in [2.45, 2.75) is 25.3 Å². The van der Waals surface area contributed by atoms with Gasteiger partial charge in [0.15, 0.2) is 15.8 Å². The number of aliphatic imine (C=N–C) groups is 1. The smallest absolute Gasteiger partial charge is 0.194 e. The SMILES string of the molecule is CCNC(=NCCS(=O)(=O)c1ccccc1F)N(C)Cc1csc(C)n1. The highest BCUT2D eigenvalue weighted by atomic mass is 32.2. The predicted molar refractivity (Wildman–Crippen MR) is 103 cm³/mol. The highest BCUT2D eigenvalue weighted by Gasteiger charge is 2.18. The first-order valence-corrected chi connectivity index (χ1v) is 10.7. The molecule has 0 spiro atoms. The van der Waals surface area contributed by atoms with E-state index in [2.05, 4.69) is 15.3 Å². The van der Waals surface area contributed by atoms with Gasteiger partial charge >= 0.3 is 0 Å². The van der Waals surface area contributed by atoms with E-state index in [1.165, 1.54) is 18.2 Å². The van der Waals surface area contributed by atoms with E-state index in [0.29, 0.717) is 19.0 Å². The number of aryl methyl sites for hydroxylation is 1. The van der Waals surface area contributed by atoms with Gasteiger partial charge in [-0.2, -0.15) is 0 Å². The zero-order valence-electron chi connectivity index (χ0n) is 15.1. The van der Waals surface area contributed by atoms with E-state index < -0.39 is 15.7 Å². The van der Waals surface area contributed by atoms with Crippen LogP contribution in [0, 0.1) is 12.7 Å². The molecule has 0 atom stereocenters. The fraction of sp³-hybridized carbons (Fsp3) is 0.412.